The summed E-state index contributed by atoms with van der Waals surface area (Å²) in [5.41, 5.74) is 1.22. The van der Waals surface area contributed by atoms with Crippen LogP contribution in [0, 0.1) is 5.92 Å². The molecule has 0 radical (unpaired) electrons. The van der Waals surface area contributed by atoms with E-state index in [0.29, 0.717) is 58.1 Å². The molecule has 6 bridgehead atoms. The van der Waals surface area contributed by atoms with Crippen molar-refractivity contribution in [2.24, 2.45) is 5.92 Å². The third-order valence-electron chi connectivity index (χ3n) is 8.54. The minimum Gasteiger partial charge on any atom is -0.488 e. The van der Waals surface area contributed by atoms with Crippen molar-refractivity contribution in [2.45, 2.75) is 92.5 Å². The fourth-order valence-corrected chi connectivity index (χ4v) is 6.54. The van der Waals surface area contributed by atoms with Crippen molar-refractivity contribution >= 4 is 46.3 Å². The third kappa shape index (κ3) is 8.94. The molecule has 5 aromatic rings. The Hall–Kier alpha value is -5.83. The van der Waals surface area contributed by atoms with Crippen LogP contribution in [-0.2, 0) is 0 Å². The molecule has 1 aliphatic carbocycles. The average molecular weight is 737 g/mol. The molecule has 55 heavy (non-hydrogen) atoms. The van der Waals surface area contributed by atoms with Crippen LogP contribution in [0.2, 0.25) is 0 Å². The van der Waals surface area contributed by atoms with Crippen molar-refractivity contribution in [3.8, 4) is 17.2 Å². The van der Waals surface area contributed by atoms with Crippen LogP contribution in [0.3, 0.4) is 0 Å². The number of aromatic nitrogens is 3. The Morgan fingerprint density at radius 3 is 1.11 bits per heavy atom. The fraction of sp³-hybridized carbons (Fsp3) is 0.326. The molecule has 0 spiro atoms. The molecule has 4 heterocycles. The number of ether oxygens (including phenoxy) is 3. The van der Waals surface area contributed by atoms with E-state index in [9.17, 15) is 0 Å². The van der Waals surface area contributed by atoms with Crippen LogP contribution in [0.1, 0.15) is 75.7 Å². The summed E-state index contributed by atoms with van der Waals surface area (Å²) >= 11 is 0. The van der Waals surface area contributed by atoms with Gasteiger partial charge in [0.05, 0.1) is 0 Å². The van der Waals surface area contributed by atoms with Gasteiger partial charge in [-0.25, -0.2) is 15.0 Å². The highest BCUT2D eigenvalue weighted by Crippen LogP contribution is 2.45. The molecular weight excluding hydrogens is 685 g/mol. The Bertz CT molecular complexity index is 2090. The molecule has 9 nitrogen and oxygen atoms in total. The lowest BCUT2D eigenvalue weighted by atomic mass is 10.0. The van der Waals surface area contributed by atoms with Crippen molar-refractivity contribution in [3.63, 3.8) is 0 Å². The molecule has 0 saturated heterocycles. The SMILES string of the molecule is CC1C=CC(N2c3cc(OC(C)(C)C)cc(n3)N(c3ccccc3)c3cc(OC(C)(C)C)cc(n3)N(c3ccccc3)c3cc(OC(C)(C)C)cc2n3)=CC1. The van der Waals surface area contributed by atoms with Crippen LogP contribution in [0.5, 0.6) is 17.2 Å². The van der Waals surface area contributed by atoms with Crippen molar-refractivity contribution in [1.29, 1.82) is 0 Å². The first-order valence-corrected chi connectivity index (χ1v) is 19.0. The summed E-state index contributed by atoms with van der Waals surface area (Å²) in [4.78, 5) is 22.5. The summed E-state index contributed by atoms with van der Waals surface area (Å²) in [6, 6.07) is 32.2. The molecule has 2 aromatic carbocycles. The maximum absolute atomic E-state index is 6.66. The lowest BCUT2D eigenvalue weighted by Gasteiger charge is -2.34. The van der Waals surface area contributed by atoms with Gasteiger partial charge in [0.2, 0.25) is 0 Å². The molecule has 0 saturated carbocycles. The molecule has 0 amide bonds. The maximum atomic E-state index is 6.66. The van der Waals surface area contributed by atoms with Gasteiger partial charge in [-0.15, -0.1) is 0 Å². The molecule has 0 N–H and O–H groups in total. The summed E-state index contributed by atoms with van der Waals surface area (Å²) in [6.07, 6.45) is 7.51. The second-order valence-electron chi connectivity index (χ2n) is 17.1. The van der Waals surface area contributed by atoms with E-state index in [1.165, 1.54) is 0 Å². The predicted molar refractivity (Wildman–Crippen MR) is 223 cm³/mol. The first kappa shape index (κ1) is 37.5. The molecule has 284 valence electrons. The van der Waals surface area contributed by atoms with Gasteiger partial charge in [-0.1, -0.05) is 55.5 Å². The number of fused-ring (bicyclic) bond motifs is 6. The Labute approximate surface area is 325 Å². The monoisotopic (exact) mass is 736 g/mol. The van der Waals surface area contributed by atoms with Gasteiger partial charge in [-0.05, 0) is 105 Å². The van der Waals surface area contributed by atoms with Crippen molar-refractivity contribution < 1.29 is 14.2 Å². The highest BCUT2D eigenvalue weighted by Gasteiger charge is 2.30. The van der Waals surface area contributed by atoms with Crippen molar-refractivity contribution in [3.05, 3.63) is 121 Å². The lowest BCUT2D eigenvalue weighted by molar-refractivity contribution is 0.130. The predicted octanol–water partition coefficient (Wildman–Crippen LogP) is 12.3. The lowest BCUT2D eigenvalue weighted by Crippen LogP contribution is -2.27. The normalized spacial score (nSPS) is 15.9. The van der Waals surface area contributed by atoms with E-state index in [1.54, 1.807) is 0 Å². The van der Waals surface area contributed by atoms with Gasteiger partial charge >= 0.3 is 0 Å². The molecule has 3 aromatic heterocycles. The van der Waals surface area contributed by atoms with E-state index in [4.69, 9.17) is 29.2 Å². The Kier molecular flexibility index (Phi) is 9.84. The summed E-state index contributed by atoms with van der Waals surface area (Å²) in [5, 5.41) is 0. The van der Waals surface area contributed by atoms with Crippen LogP contribution >= 0.6 is 0 Å². The van der Waals surface area contributed by atoms with E-state index in [0.717, 1.165) is 23.5 Å². The Morgan fingerprint density at radius 2 is 0.818 bits per heavy atom. The average Bonchev–Trinajstić information content (AvgIpc) is 3.08. The molecule has 0 fully saturated rings. The van der Waals surface area contributed by atoms with E-state index in [1.807, 2.05) is 135 Å². The number of allylic oxidation sites excluding steroid dienone is 3. The second kappa shape index (κ2) is 14.4. The van der Waals surface area contributed by atoms with Gasteiger partial charge in [-0.2, -0.15) is 0 Å². The highest BCUT2D eigenvalue weighted by molar-refractivity contribution is 5.82. The fourth-order valence-electron chi connectivity index (χ4n) is 6.54. The molecule has 1 unspecified atom stereocenters. The van der Waals surface area contributed by atoms with E-state index in [-0.39, 0.29) is 0 Å². The smallest absolute Gasteiger partial charge is 0.144 e. The topological polar surface area (TPSA) is 76.1 Å². The van der Waals surface area contributed by atoms with Gasteiger partial charge in [0.15, 0.2) is 0 Å². The number of rotatable bonds is 6. The largest absolute Gasteiger partial charge is 0.488 e. The van der Waals surface area contributed by atoms with E-state index < -0.39 is 16.8 Å². The number of benzene rings is 2. The summed E-state index contributed by atoms with van der Waals surface area (Å²) in [7, 11) is 0. The van der Waals surface area contributed by atoms with Gasteiger partial charge in [-0.3, -0.25) is 14.7 Å². The first-order chi connectivity index (χ1) is 26.0. The third-order valence-corrected chi connectivity index (χ3v) is 8.54. The molecular formula is C46H52N6O3. The molecule has 1 aliphatic heterocycles. The Morgan fingerprint density at radius 1 is 0.491 bits per heavy atom. The molecule has 1 atom stereocenters. The summed E-state index contributed by atoms with van der Waals surface area (Å²) in [5.74, 6) is 6.04. The maximum Gasteiger partial charge on any atom is 0.144 e. The zero-order valence-corrected chi connectivity index (χ0v) is 33.7. The van der Waals surface area contributed by atoms with Crippen LogP contribution < -0.4 is 28.9 Å². The van der Waals surface area contributed by atoms with E-state index >= 15 is 0 Å². The minimum atomic E-state index is -0.493. The molecule has 9 heteroatoms. The van der Waals surface area contributed by atoms with Crippen molar-refractivity contribution in [1.82, 2.24) is 15.0 Å². The Balaban J connectivity index is 1.63. The summed E-state index contributed by atoms with van der Waals surface area (Å²) in [6.45, 7) is 20.6. The van der Waals surface area contributed by atoms with Crippen LogP contribution in [0.25, 0.3) is 0 Å². The quantitative estimate of drug-likeness (QED) is 0.169. The number of anilines is 8. The molecule has 7 rings (SSSR count). The second-order valence-corrected chi connectivity index (χ2v) is 17.1. The van der Waals surface area contributed by atoms with Crippen LogP contribution in [-0.4, -0.2) is 31.8 Å². The minimum absolute atomic E-state index is 0.400. The van der Waals surface area contributed by atoms with Gasteiger partial charge in [0, 0.05) is 53.5 Å². The molecule has 2 aliphatic rings. The number of pyridine rings is 3. The zero-order chi connectivity index (χ0) is 39.1. The van der Waals surface area contributed by atoms with Gasteiger partial charge in [0.1, 0.15) is 69.0 Å². The zero-order valence-electron chi connectivity index (χ0n) is 33.7. The number of para-hydroxylation sites is 2. The van der Waals surface area contributed by atoms with Crippen molar-refractivity contribution in [2.75, 3.05) is 14.7 Å². The van der Waals surface area contributed by atoms with Gasteiger partial charge in [0.25, 0.3) is 0 Å². The number of hydrogen-bond acceptors (Lipinski definition) is 9. The van der Waals surface area contributed by atoms with Gasteiger partial charge < -0.3 is 14.2 Å². The first-order valence-electron chi connectivity index (χ1n) is 19.0. The van der Waals surface area contributed by atoms with Crippen LogP contribution in [0.4, 0.5) is 46.3 Å². The summed E-state index contributed by atoms with van der Waals surface area (Å²) < 4.78 is 19.9. The highest BCUT2D eigenvalue weighted by atomic mass is 16.5. The standard InChI is InChI=1S/C46H52N6O3/c1-31-21-23-34(24-22-31)52-42-29-36(54-45(5,6)7)27-40(48-42)50(32-17-13-11-14-18-32)38-25-35(53-44(2,3)4)26-39(47-38)51(33-19-15-12-16-20-33)41-28-37(30-43(52)49-41)55-46(8,9)10/h11-21,23-31H,22H2,1-10H3. The van der Waals surface area contributed by atoms with E-state index in [2.05, 4.69) is 64.1 Å². The number of hydrogen-bond donors (Lipinski definition) is 0. The number of nitrogens with zero attached hydrogens (tertiary/aromatic N) is 6. The van der Waals surface area contributed by atoms with Crippen LogP contribution in [0.15, 0.2) is 121 Å².